The Morgan fingerprint density at radius 2 is 1.75 bits per heavy atom. The number of aliphatic hydroxyl groups excluding tert-OH is 1. The van der Waals surface area contributed by atoms with Gasteiger partial charge in [0.05, 0.1) is 6.61 Å². The van der Waals surface area contributed by atoms with Crippen molar-refractivity contribution >= 4 is 16.8 Å². The molecule has 0 radical (unpaired) electrons. The molecule has 0 atom stereocenters. The van der Waals surface area contributed by atoms with Crippen molar-refractivity contribution in [2.24, 2.45) is 0 Å². The number of hydrogen-bond donors (Lipinski definition) is 2. The lowest BCUT2D eigenvalue weighted by Gasteiger charge is -2.08. The van der Waals surface area contributed by atoms with Crippen LogP contribution >= 0.6 is 0 Å². The quantitative estimate of drug-likeness (QED) is 0.703. The monoisotopic (exact) mass is 322 g/mol. The van der Waals surface area contributed by atoms with E-state index in [-0.39, 0.29) is 12.5 Å². The smallest absolute Gasteiger partial charge is 0.221 e. The van der Waals surface area contributed by atoms with Gasteiger partial charge in [0.1, 0.15) is 0 Å². The van der Waals surface area contributed by atoms with Crippen LogP contribution in [0.4, 0.5) is 0 Å². The van der Waals surface area contributed by atoms with Gasteiger partial charge in [-0.05, 0) is 35.1 Å². The molecule has 4 heteroatoms. The van der Waals surface area contributed by atoms with E-state index in [4.69, 9.17) is 5.11 Å². The molecule has 0 spiro atoms. The maximum Gasteiger partial charge on any atom is 0.221 e. The maximum atomic E-state index is 12.0. The van der Waals surface area contributed by atoms with Gasteiger partial charge in [0.15, 0.2) is 0 Å². The van der Waals surface area contributed by atoms with Crippen LogP contribution in [0, 0.1) is 0 Å². The van der Waals surface area contributed by atoms with E-state index in [1.165, 1.54) is 5.39 Å². The zero-order chi connectivity index (χ0) is 16.8. The van der Waals surface area contributed by atoms with E-state index >= 15 is 0 Å². The number of rotatable bonds is 7. The van der Waals surface area contributed by atoms with E-state index in [0.29, 0.717) is 19.5 Å². The summed E-state index contributed by atoms with van der Waals surface area (Å²) in [6.07, 6.45) is 3.30. The van der Waals surface area contributed by atoms with Crippen LogP contribution in [0.1, 0.15) is 17.5 Å². The molecule has 0 bridgehead atoms. The largest absolute Gasteiger partial charge is 0.392 e. The molecule has 0 aliphatic carbocycles. The van der Waals surface area contributed by atoms with Gasteiger partial charge in [0.25, 0.3) is 0 Å². The van der Waals surface area contributed by atoms with Gasteiger partial charge in [-0.2, -0.15) is 0 Å². The lowest BCUT2D eigenvalue weighted by molar-refractivity contribution is -0.121. The normalized spacial score (nSPS) is 10.9. The predicted molar refractivity (Wildman–Crippen MR) is 95.6 cm³/mol. The van der Waals surface area contributed by atoms with E-state index in [2.05, 4.69) is 28.1 Å². The molecule has 1 heterocycles. The van der Waals surface area contributed by atoms with Gasteiger partial charge >= 0.3 is 0 Å². The number of hydrogen-bond acceptors (Lipinski definition) is 2. The van der Waals surface area contributed by atoms with Gasteiger partial charge in [0.2, 0.25) is 5.91 Å². The first-order valence-electron chi connectivity index (χ1n) is 8.25. The first-order chi connectivity index (χ1) is 11.8. The average molecular weight is 322 g/mol. The molecule has 3 aromatic rings. The van der Waals surface area contributed by atoms with Crippen molar-refractivity contribution in [2.45, 2.75) is 26.0 Å². The number of aliphatic hydroxyl groups is 1. The second-order valence-electron chi connectivity index (χ2n) is 5.89. The number of carbonyl (C=O) groups is 1. The summed E-state index contributed by atoms with van der Waals surface area (Å²) < 4.78 is 2.11. The zero-order valence-corrected chi connectivity index (χ0v) is 13.6. The van der Waals surface area contributed by atoms with Crippen LogP contribution < -0.4 is 5.32 Å². The number of carbonyl (C=O) groups excluding carboxylic acids is 1. The summed E-state index contributed by atoms with van der Waals surface area (Å²) >= 11 is 0. The molecule has 0 unspecified atom stereocenters. The molecular formula is C20H22N2O2. The molecule has 0 aliphatic rings. The highest BCUT2D eigenvalue weighted by atomic mass is 16.3. The van der Waals surface area contributed by atoms with Crippen LogP contribution in [0.5, 0.6) is 0 Å². The highest BCUT2D eigenvalue weighted by molar-refractivity contribution is 5.80. The molecule has 1 aromatic heterocycles. The highest BCUT2D eigenvalue weighted by Gasteiger charge is 2.04. The summed E-state index contributed by atoms with van der Waals surface area (Å²) in [5.74, 6) is 0.0692. The van der Waals surface area contributed by atoms with Crippen LogP contribution in [0.3, 0.4) is 0 Å². The number of benzene rings is 2. The van der Waals surface area contributed by atoms with E-state index < -0.39 is 0 Å². The second-order valence-corrected chi connectivity index (χ2v) is 5.89. The number of nitrogens with one attached hydrogen (secondary N) is 1. The van der Waals surface area contributed by atoms with Crippen molar-refractivity contribution in [3.8, 4) is 0 Å². The summed E-state index contributed by atoms with van der Waals surface area (Å²) in [6, 6.07) is 18.1. The minimum atomic E-state index is 0.0606. The molecule has 3 rings (SSSR count). The number of para-hydroxylation sites is 1. The summed E-state index contributed by atoms with van der Waals surface area (Å²) in [6.45, 7) is 1.37. The second kappa shape index (κ2) is 7.79. The first-order valence-corrected chi connectivity index (χ1v) is 8.25. The molecule has 24 heavy (non-hydrogen) atoms. The Bertz CT molecular complexity index is 806. The number of nitrogens with zero attached hydrogens (tertiary/aromatic N) is 1. The highest BCUT2D eigenvalue weighted by Crippen LogP contribution is 2.15. The summed E-state index contributed by atoms with van der Waals surface area (Å²) in [5, 5.41) is 13.2. The van der Waals surface area contributed by atoms with Crippen molar-refractivity contribution in [1.82, 2.24) is 9.88 Å². The van der Waals surface area contributed by atoms with Gasteiger partial charge in [-0.3, -0.25) is 4.79 Å². The number of aromatic nitrogens is 1. The van der Waals surface area contributed by atoms with Crippen LogP contribution in [0.15, 0.2) is 60.8 Å². The molecular weight excluding hydrogens is 300 g/mol. The first kappa shape index (κ1) is 16.3. The molecule has 0 saturated carbocycles. The number of fused-ring (bicyclic) bond motifs is 1. The van der Waals surface area contributed by atoms with Crippen LogP contribution in [0.2, 0.25) is 0 Å². The Labute approximate surface area is 141 Å². The fraction of sp³-hybridized carbons (Fsp3) is 0.250. The van der Waals surface area contributed by atoms with E-state index in [0.717, 1.165) is 23.1 Å². The summed E-state index contributed by atoms with van der Waals surface area (Å²) in [4.78, 5) is 12.0. The van der Waals surface area contributed by atoms with Crippen molar-refractivity contribution in [2.75, 3.05) is 6.54 Å². The molecule has 2 N–H and O–H groups in total. The third kappa shape index (κ3) is 4.03. The lowest BCUT2D eigenvalue weighted by atomic mass is 10.1. The molecule has 124 valence electrons. The number of amides is 1. The standard InChI is InChI=1S/C20H22N2O2/c23-15-17-7-5-16(6-8-17)9-12-21-20(24)11-14-22-13-10-18-3-1-2-4-19(18)22/h1-8,10,13,23H,9,11-12,14-15H2,(H,21,24). The van der Waals surface area contributed by atoms with Gasteiger partial charge in [-0.15, -0.1) is 0 Å². The van der Waals surface area contributed by atoms with Crippen molar-refractivity contribution in [3.63, 3.8) is 0 Å². The fourth-order valence-electron chi connectivity index (χ4n) is 2.80. The molecule has 0 aliphatic heterocycles. The Morgan fingerprint density at radius 1 is 1.00 bits per heavy atom. The van der Waals surface area contributed by atoms with Gasteiger partial charge in [-0.25, -0.2) is 0 Å². The van der Waals surface area contributed by atoms with Gasteiger partial charge in [-0.1, -0.05) is 42.5 Å². The number of aryl methyl sites for hydroxylation is 1. The van der Waals surface area contributed by atoms with Crippen LogP contribution in [-0.2, 0) is 24.4 Å². The van der Waals surface area contributed by atoms with Gasteiger partial charge < -0.3 is 15.0 Å². The summed E-state index contributed by atoms with van der Waals surface area (Å²) in [5.41, 5.74) is 3.22. The topological polar surface area (TPSA) is 54.3 Å². The minimum Gasteiger partial charge on any atom is -0.392 e. The third-order valence-electron chi connectivity index (χ3n) is 4.20. The zero-order valence-electron chi connectivity index (χ0n) is 13.6. The average Bonchev–Trinajstić information content (AvgIpc) is 3.04. The molecule has 1 amide bonds. The van der Waals surface area contributed by atoms with E-state index in [9.17, 15) is 4.79 Å². The van der Waals surface area contributed by atoms with Gasteiger partial charge in [0, 0.05) is 31.2 Å². The van der Waals surface area contributed by atoms with E-state index in [1.54, 1.807) is 0 Å². The van der Waals surface area contributed by atoms with Crippen molar-refractivity contribution < 1.29 is 9.90 Å². The summed E-state index contributed by atoms with van der Waals surface area (Å²) in [7, 11) is 0. The Kier molecular flexibility index (Phi) is 5.29. The maximum absolute atomic E-state index is 12.0. The predicted octanol–water partition coefficient (Wildman–Crippen LogP) is 2.88. The Hall–Kier alpha value is -2.59. The SMILES string of the molecule is O=C(CCn1ccc2ccccc21)NCCc1ccc(CO)cc1. The fourth-order valence-corrected chi connectivity index (χ4v) is 2.80. The molecule has 0 fully saturated rings. The lowest BCUT2D eigenvalue weighted by Crippen LogP contribution is -2.26. The molecule has 0 saturated heterocycles. The molecule has 2 aromatic carbocycles. The minimum absolute atomic E-state index is 0.0606. The Morgan fingerprint density at radius 3 is 2.54 bits per heavy atom. The van der Waals surface area contributed by atoms with Crippen molar-refractivity contribution in [1.29, 1.82) is 0 Å². The molecule has 4 nitrogen and oxygen atoms in total. The van der Waals surface area contributed by atoms with Crippen LogP contribution in [-0.4, -0.2) is 22.1 Å². The van der Waals surface area contributed by atoms with Crippen LogP contribution in [0.25, 0.3) is 10.9 Å². The Balaban J connectivity index is 1.44. The third-order valence-corrected chi connectivity index (χ3v) is 4.20. The van der Waals surface area contributed by atoms with E-state index in [1.807, 2.05) is 42.6 Å². The van der Waals surface area contributed by atoms with Crippen molar-refractivity contribution in [3.05, 3.63) is 71.9 Å².